The van der Waals surface area contributed by atoms with Crippen LogP contribution >= 0.6 is 0 Å². The summed E-state index contributed by atoms with van der Waals surface area (Å²) in [7, 11) is 0. The predicted octanol–water partition coefficient (Wildman–Crippen LogP) is 5.12. The second-order valence-electron chi connectivity index (χ2n) is 4.96. The molecule has 96 valence electrons. The molecular formula is C14H26N2Pb. The van der Waals surface area contributed by atoms with E-state index in [1.807, 2.05) is 24.3 Å². The molecule has 0 aliphatic carbocycles. The fourth-order valence-corrected chi connectivity index (χ4v) is 1.29. The summed E-state index contributed by atoms with van der Waals surface area (Å²) < 4.78 is 0. The van der Waals surface area contributed by atoms with E-state index in [4.69, 9.17) is 0 Å². The van der Waals surface area contributed by atoms with E-state index in [1.165, 1.54) is 0 Å². The minimum atomic E-state index is 0. The van der Waals surface area contributed by atoms with E-state index >= 15 is 0 Å². The average molecular weight is 430 g/mol. The van der Waals surface area contributed by atoms with Gasteiger partial charge < -0.3 is 10.6 Å². The van der Waals surface area contributed by atoms with E-state index in [2.05, 4.69) is 38.3 Å². The van der Waals surface area contributed by atoms with E-state index in [0.29, 0.717) is 11.8 Å². The molecule has 0 aliphatic rings. The summed E-state index contributed by atoms with van der Waals surface area (Å²) in [6, 6.07) is 8.13. The number of rotatable bonds is 6. The van der Waals surface area contributed by atoms with E-state index in [1.54, 1.807) is 0 Å². The van der Waals surface area contributed by atoms with Crippen molar-refractivity contribution in [2.75, 3.05) is 13.1 Å². The van der Waals surface area contributed by atoms with Crippen LogP contribution in [0.25, 0.3) is 10.6 Å². The molecule has 0 unspecified atom stereocenters. The second kappa shape index (κ2) is 8.78. The Morgan fingerprint density at radius 1 is 0.882 bits per heavy atom. The fourth-order valence-electron chi connectivity index (χ4n) is 1.29. The first-order valence-electron chi connectivity index (χ1n) is 6.03. The van der Waals surface area contributed by atoms with Gasteiger partial charge in [-0.05, 0) is 0 Å². The Hall–Kier alpha value is -0.258. The van der Waals surface area contributed by atoms with Crippen molar-refractivity contribution in [2.45, 2.75) is 27.7 Å². The van der Waals surface area contributed by atoms with Gasteiger partial charge in [-0.1, -0.05) is 63.8 Å². The van der Waals surface area contributed by atoms with Crippen molar-refractivity contribution < 1.29 is 2.85 Å². The normalized spacial score (nSPS) is 10.2. The summed E-state index contributed by atoms with van der Waals surface area (Å²) in [4.78, 5) is 0. The van der Waals surface area contributed by atoms with E-state index < -0.39 is 0 Å². The van der Waals surface area contributed by atoms with Crippen LogP contribution in [-0.4, -0.2) is 40.4 Å². The van der Waals surface area contributed by atoms with Gasteiger partial charge in [0.15, 0.2) is 0 Å². The second-order valence-corrected chi connectivity index (χ2v) is 4.96. The predicted molar refractivity (Wildman–Crippen MR) is 81.9 cm³/mol. The molecule has 2 nitrogen and oxygen atoms in total. The molecule has 2 radical (unpaired) electrons. The average Bonchev–Trinajstić information content (AvgIpc) is 2.24. The van der Waals surface area contributed by atoms with Crippen LogP contribution in [0.4, 0.5) is 11.4 Å². The summed E-state index contributed by atoms with van der Waals surface area (Å²) in [5.41, 5.74) is 2.05. The summed E-state index contributed by atoms with van der Waals surface area (Å²) in [5, 5.41) is 9.18. The van der Waals surface area contributed by atoms with Crippen molar-refractivity contribution >= 4 is 38.7 Å². The van der Waals surface area contributed by atoms with Gasteiger partial charge in [0.2, 0.25) is 0 Å². The van der Waals surface area contributed by atoms with Crippen molar-refractivity contribution in [1.29, 1.82) is 0 Å². The van der Waals surface area contributed by atoms with Crippen LogP contribution in [-0.2, 0) is 0 Å². The van der Waals surface area contributed by atoms with Crippen LogP contribution in [0.3, 0.4) is 0 Å². The molecule has 0 fully saturated rings. The topological polar surface area (TPSA) is 28.2 Å². The Labute approximate surface area is 129 Å². The maximum atomic E-state index is 4.59. The molecule has 0 saturated heterocycles. The zero-order valence-corrected chi connectivity index (χ0v) is 15.2. The maximum absolute atomic E-state index is 4.59. The van der Waals surface area contributed by atoms with Crippen LogP contribution < -0.4 is 0 Å². The van der Waals surface area contributed by atoms with E-state index in [0.717, 1.165) is 24.5 Å². The maximum Gasteiger partial charge on any atom is 2.00 e. The minimum Gasteiger partial charge on any atom is -0.685 e. The van der Waals surface area contributed by atoms with Gasteiger partial charge in [0.1, 0.15) is 0 Å². The van der Waals surface area contributed by atoms with Crippen LogP contribution in [0.1, 0.15) is 30.5 Å². The van der Waals surface area contributed by atoms with Gasteiger partial charge in [-0.25, -0.2) is 0 Å². The number of hydrogen-bond donors (Lipinski definition) is 0. The third-order valence-corrected chi connectivity index (χ3v) is 2.14. The first kappa shape index (κ1) is 16.7. The minimum absolute atomic E-state index is 0. The molecule has 0 atom stereocenters. The quantitative estimate of drug-likeness (QED) is 0.562. The monoisotopic (exact) mass is 430 g/mol. The Morgan fingerprint density at radius 2 is 1.24 bits per heavy atom. The standard InChI is InChI=1S/C14H22N2.Pb.2H2/c1-11(2)9-15-13-7-5-6-8-14(13)16-10-12(3)4;;;/h5-8,11-12H,9-10H2,1-4H3;;2*1H/q-2;+2;;. The van der Waals surface area contributed by atoms with Crippen LogP contribution in [0.2, 0.25) is 0 Å². The number of nitrogens with zero attached hydrogens (tertiary/aromatic N) is 2. The Bertz CT molecular complexity index is 289. The van der Waals surface area contributed by atoms with Crippen molar-refractivity contribution in [3.05, 3.63) is 34.9 Å². The molecule has 1 rings (SSSR count). The van der Waals surface area contributed by atoms with Gasteiger partial charge >= 0.3 is 27.3 Å². The number of para-hydroxylation sites is 2. The van der Waals surface area contributed by atoms with Gasteiger partial charge in [0.25, 0.3) is 0 Å². The first-order valence-corrected chi connectivity index (χ1v) is 6.03. The van der Waals surface area contributed by atoms with Crippen molar-refractivity contribution in [1.82, 2.24) is 0 Å². The van der Waals surface area contributed by atoms with Crippen LogP contribution in [0, 0.1) is 11.8 Å². The van der Waals surface area contributed by atoms with E-state index in [-0.39, 0.29) is 30.2 Å². The molecular weight excluding hydrogens is 403 g/mol. The van der Waals surface area contributed by atoms with Gasteiger partial charge in [-0.3, -0.25) is 0 Å². The molecule has 0 spiro atoms. The number of hydrogen-bond acceptors (Lipinski definition) is 0. The fraction of sp³-hybridized carbons (Fsp3) is 0.571. The van der Waals surface area contributed by atoms with Gasteiger partial charge in [-0.2, -0.15) is 11.4 Å². The zero-order valence-electron chi connectivity index (χ0n) is 11.3. The van der Waals surface area contributed by atoms with Crippen molar-refractivity contribution in [3.63, 3.8) is 0 Å². The molecule has 3 heteroatoms. The Balaban J connectivity index is -0.000000853. The molecule has 17 heavy (non-hydrogen) atoms. The molecule has 0 N–H and O–H groups in total. The Kier molecular flexibility index (Phi) is 8.64. The van der Waals surface area contributed by atoms with Crippen molar-refractivity contribution in [3.8, 4) is 0 Å². The molecule has 0 amide bonds. The van der Waals surface area contributed by atoms with Crippen LogP contribution in [0.15, 0.2) is 24.3 Å². The first-order chi connectivity index (χ1) is 7.59. The molecule has 1 aromatic carbocycles. The number of benzene rings is 1. The van der Waals surface area contributed by atoms with Gasteiger partial charge in [0, 0.05) is 2.85 Å². The molecule has 0 aliphatic heterocycles. The SMILES string of the molecule is CC(C)C[N-]c1ccccc1[N-]CC(C)C.[HH].[HH].[Pb+2]. The smallest absolute Gasteiger partial charge is 0.685 e. The molecule has 0 heterocycles. The molecule has 1 aromatic rings. The Morgan fingerprint density at radius 3 is 1.53 bits per heavy atom. The molecule has 0 bridgehead atoms. The summed E-state index contributed by atoms with van der Waals surface area (Å²) in [6.07, 6.45) is 0. The molecule has 0 aromatic heterocycles. The third kappa shape index (κ3) is 6.91. The zero-order chi connectivity index (χ0) is 12.0. The van der Waals surface area contributed by atoms with Gasteiger partial charge in [0.05, 0.1) is 0 Å². The van der Waals surface area contributed by atoms with Gasteiger partial charge in [-0.15, -0.1) is 13.1 Å². The summed E-state index contributed by atoms with van der Waals surface area (Å²) in [5.74, 6) is 1.19. The third-order valence-electron chi connectivity index (χ3n) is 2.14. The molecule has 0 saturated carbocycles. The summed E-state index contributed by atoms with van der Waals surface area (Å²) in [6.45, 7) is 10.5. The van der Waals surface area contributed by atoms with Crippen LogP contribution in [0.5, 0.6) is 0 Å². The van der Waals surface area contributed by atoms with Crippen molar-refractivity contribution in [2.24, 2.45) is 11.8 Å². The largest absolute Gasteiger partial charge is 2.00 e. The van der Waals surface area contributed by atoms with E-state index in [9.17, 15) is 0 Å². The summed E-state index contributed by atoms with van der Waals surface area (Å²) >= 11 is 0.